The molecule has 0 fully saturated rings. The topological polar surface area (TPSA) is 98.5 Å². The average Bonchev–Trinajstić information content (AvgIpc) is 2.35. The van der Waals surface area contributed by atoms with Crippen LogP contribution in [0.25, 0.3) is 0 Å². The van der Waals surface area contributed by atoms with Crippen molar-refractivity contribution in [3.8, 4) is 11.5 Å². The van der Waals surface area contributed by atoms with E-state index in [-0.39, 0.29) is 11.6 Å². The van der Waals surface area contributed by atoms with Crippen LogP contribution in [0.1, 0.15) is 0 Å². The quantitative estimate of drug-likeness (QED) is 0.627. The van der Waals surface area contributed by atoms with Gasteiger partial charge in [0.1, 0.15) is 0 Å². The first kappa shape index (κ1) is 9.46. The van der Waals surface area contributed by atoms with Gasteiger partial charge in [-0.05, 0) is 12.1 Å². The van der Waals surface area contributed by atoms with Gasteiger partial charge in [0.05, 0.1) is 11.5 Å². The highest BCUT2D eigenvalue weighted by Gasteiger charge is 2.20. The minimum absolute atomic E-state index is 0.209. The highest BCUT2D eigenvalue weighted by Crippen LogP contribution is 2.37. The average molecular weight is 231 g/mol. The Bertz CT molecular complexity index is 666. The molecule has 8 nitrogen and oxygen atoms in total. The molecule has 1 aliphatic rings. The van der Waals surface area contributed by atoms with Gasteiger partial charge in [0.15, 0.2) is 23.1 Å². The van der Waals surface area contributed by atoms with Crippen LogP contribution < -0.4 is 15.7 Å². The van der Waals surface area contributed by atoms with Gasteiger partial charge in [-0.1, -0.05) is 0 Å². The summed E-state index contributed by atoms with van der Waals surface area (Å²) < 4.78 is 5.99. The van der Waals surface area contributed by atoms with Crippen molar-refractivity contribution in [2.24, 2.45) is 5.29 Å². The van der Waals surface area contributed by atoms with Gasteiger partial charge in [-0.15, -0.1) is 9.58 Å². The van der Waals surface area contributed by atoms with Crippen LogP contribution in [-0.4, -0.2) is 14.6 Å². The van der Waals surface area contributed by atoms with Crippen LogP contribution in [0.3, 0.4) is 0 Å². The van der Waals surface area contributed by atoms with Gasteiger partial charge in [0, 0.05) is 6.20 Å². The second kappa shape index (κ2) is 3.37. The zero-order chi connectivity index (χ0) is 11.8. The molecule has 0 atom stereocenters. The molecule has 0 aromatic carbocycles. The molecule has 2 aromatic rings. The first-order valence-corrected chi connectivity index (χ1v) is 4.65. The van der Waals surface area contributed by atoms with Crippen molar-refractivity contribution in [2.75, 3.05) is 5.32 Å². The maximum absolute atomic E-state index is 11.3. The van der Waals surface area contributed by atoms with Crippen molar-refractivity contribution >= 4 is 11.6 Å². The summed E-state index contributed by atoms with van der Waals surface area (Å²) in [6, 6.07) is 3.40. The number of hydrogen-bond donors (Lipinski definition) is 1. The van der Waals surface area contributed by atoms with E-state index in [0.717, 1.165) is 0 Å². The summed E-state index contributed by atoms with van der Waals surface area (Å²) >= 11 is 0. The molecule has 0 radical (unpaired) electrons. The fourth-order valence-electron chi connectivity index (χ4n) is 1.45. The summed E-state index contributed by atoms with van der Waals surface area (Å²) in [6.45, 7) is 0. The van der Waals surface area contributed by atoms with E-state index >= 15 is 0 Å². The number of pyridine rings is 1. The molecule has 84 valence electrons. The Hall–Kier alpha value is -2.77. The Morgan fingerprint density at radius 3 is 3.06 bits per heavy atom. The molecule has 3 rings (SSSR count). The normalized spacial score (nSPS) is 11.8. The van der Waals surface area contributed by atoms with E-state index in [2.05, 4.69) is 20.6 Å². The lowest BCUT2D eigenvalue weighted by atomic mass is 10.3. The Morgan fingerprint density at radius 2 is 2.24 bits per heavy atom. The van der Waals surface area contributed by atoms with Crippen LogP contribution in [0.2, 0.25) is 0 Å². The monoisotopic (exact) mass is 231 g/mol. The molecular weight excluding hydrogens is 226 g/mol. The van der Waals surface area contributed by atoms with E-state index in [1.165, 1.54) is 6.20 Å². The molecule has 3 heterocycles. The number of nitroso groups, excluding NO2 is 1. The molecule has 1 N–H and O–H groups in total. The Labute approximate surface area is 93.8 Å². The van der Waals surface area contributed by atoms with Gasteiger partial charge < -0.3 is 10.1 Å². The molecule has 0 unspecified atom stereocenters. The predicted octanol–water partition coefficient (Wildman–Crippen LogP) is 1.02. The van der Waals surface area contributed by atoms with Crippen molar-refractivity contribution in [1.82, 2.24) is 14.6 Å². The summed E-state index contributed by atoms with van der Waals surface area (Å²) in [7, 11) is 0. The first-order valence-electron chi connectivity index (χ1n) is 4.65. The van der Waals surface area contributed by atoms with Crippen LogP contribution >= 0.6 is 0 Å². The fraction of sp³-hybridized carbons (Fsp3) is 0. The predicted molar refractivity (Wildman–Crippen MR) is 57.3 cm³/mol. The number of nitrogens with one attached hydrogen (secondary N) is 1. The van der Waals surface area contributed by atoms with E-state index in [1.54, 1.807) is 18.3 Å². The van der Waals surface area contributed by atoms with Gasteiger partial charge >= 0.3 is 5.69 Å². The third-order valence-electron chi connectivity index (χ3n) is 2.19. The van der Waals surface area contributed by atoms with E-state index < -0.39 is 5.69 Å². The lowest BCUT2D eigenvalue weighted by molar-refractivity contribution is 0.466. The van der Waals surface area contributed by atoms with Crippen molar-refractivity contribution in [3.63, 3.8) is 0 Å². The third-order valence-corrected chi connectivity index (χ3v) is 2.19. The summed E-state index contributed by atoms with van der Waals surface area (Å²) in [5.41, 5.74) is -0.783. The van der Waals surface area contributed by atoms with Crippen LogP contribution in [0.5, 0.6) is 11.5 Å². The number of ether oxygens (including phenoxy) is 1. The standard InChI is InChI=1S/C9H5N5O3/c15-9-12-8-6(4-14(9)13-16)17-5-2-1-3-10-7(5)11-8/h1-4H,(H,10,11,12,15). The molecule has 2 aromatic heterocycles. The zero-order valence-corrected chi connectivity index (χ0v) is 8.32. The minimum Gasteiger partial charge on any atom is -0.448 e. The highest BCUT2D eigenvalue weighted by atomic mass is 16.5. The van der Waals surface area contributed by atoms with Crippen molar-refractivity contribution in [3.05, 3.63) is 39.9 Å². The second-order valence-electron chi connectivity index (χ2n) is 3.24. The molecule has 0 spiro atoms. The summed E-state index contributed by atoms with van der Waals surface area (Å²) in [4.78, 5) is 29.3. The number of aromatic nitrogens is 3. The molecule has 0 saturated heterocycles. The van der Waals surface area contributed by atoms with Gasteiger partial charge in [-0.25, -0.2) is 9.78 Å². The maximum atomic E-state index is 11.3. The van der Waals surface area contributed by atoms with Crippen LogP contribution in [0.4, 0.5) is 11.6 Å². The van der Waals surface area contributed by atoms with Gasteiger partial charge in [-0.3, -0.25) is 0 Å². The van der Waals surface area contributed by atoms with Gasteiger partial charge in [-0.2, -0.15) is 4.98 Å². The van der Waals surface area contributed by atoms with Gasteiger partial charge in [0.2, 0.25) is 0 Å². The van der Waals surface area contributed by atoms with Gasteiger partial charge in [0.25, 0.3) is 0 Å². The summed E-state index contributed by atoms with van der Waals surface area (Å²) in [5.74, 6) is 1.40. The molecular formula is C9H5N5O3. The van der Waals surface area contributed by atoms with E-state index in [0.29, 0.717) is 16.2 Å². The summed E-state index contributed by atoms with van der Waals surface area (Å²) in [6.07, 6.45) is 2.75. The number of anilines is 2. The van der Waals surface area contributed by atoms with Crippen molar-refractivity contribution in [1.29, 1.82) is 0 Å². The van der Waals surface area contributed by atoms with Crippen molar-refractivity contribution < 1.29 is 4.74 Å². The Morgan fingerprint density at radius 1 is 1.35 bits per heavy atom. The van der Waals surface area contributed by atoms with Crippen LogP contribution in [0.15, 0.2) is 34.6 Å². The Balaban J connectivity index is 2.15. The molecule has 17 heavy (non-hydrogen) atoms. The SMILES string of the molecule is O=Nn1cc2c(nc1=O)Nc1ncccc1O2. The minimum atomic E-state index is -0.783. The third kappa shape index (κ3) is 1.42. The first-order chi connectivity index (χ1) is 8.28. The van der Waals surface area contributed by atoms with E-state index in [1.807, 2.05) is 0 Å². The second-order valence-corrected chi connectivity index (χ2v) is 3.24. The smallest absolute Gasteiger partial charge is 0.373 e. The largest absolute Gasteiger partial charge is 0.448 e. The fourth-order valence-corrected chi connectivity index (χ4v) is 1.45. The molecule has 0 amide bonds. The highest BCUT2D eigenvalue weighted by molar-refractivity contribution is 5.68. The number of fused-ring (bicyclic) bond motifs is 2. The van der Waals surface area contributed by atoms with E-state index in [4.69, 9.17) is 4.74 Å². The molecule has 0 aliphatic carbocycles. The summed E-state index contributed by atoms with van der Waals surface area (Å²) in [5, 5.41) is 5.33. The number of hydrogen-bond acceptors (Lipinski definition) is 7. The lowest BCUT2D eigenvalue weighted by Gasteiger charge is -2.18. The number of nitrogens with zero attached hydrogens (tertiary/aromatic N) is 4. The lowest BCUT2D eigenvalue weighted by Crippen LogP contribution is -2.21. The molecule has 1 aliphatic heterocycles. The molecule has 0 saturated carbocycles. The van der Waals surface area contributed by atoms with E-state index in [9.17, 15) is 9.70 Å². The molecule has 0 bridgehead atoms. The van der Waals surface area contributed by atoms with Crippen LogP contribution in [-0.2, 0) is 0 Å². The van der Waals surface area contributed by atoms with Crippen LogP contribution in [0, 0.1) is 4.91 Å². The Kier molecular flexibility index (Phi) is 1.87. The number of rotatable bonds is 1. The zero-order valence-electron chi connectivity index (χ0n) is 8.32. The maximum Gasteiger partial charge on any atom is 0.373 e. The molecule has 8 heteroatoms. The van der Waals surface area contributed by atoms with Crippen molar-refractivity contribution in [2.45, 2.75) is 0 Å².